The molecule has 1 aromatic carbocycles. The molecule has 0 spiro atoms. The number of benzene rings is 1. The number of hydrogen-bond donors (Lipinski definition) is 1. The van der Waals surface area contributed by atoms with Crippen LogP contribution in [0, 0.1) is 0 Å². The average molecular weight is 234 g/mol. The van der Waals surface area contributed by atoms with Crippen molar-refractivity contribution >= 4 is 5.69 Å². The van der Waals surface area contributed by atoms with Gasteiger partial charge in [-0.25, -0.2) is 0 Å². The van der Waals surface area contributed by atoms with Crippen LogP contribution in [-0.4, -0.2) is 31.1 Å². The summed E-state index contributed by atoms with van der Waals surface area (Å²) in [5.74, 6) is 0. The SMILES string of the molecule is CCNc1ccc(CCCN(CC)CC)cc1. The molecule has 1 aromatic rings. The maximum Gasteiger partial charge on any atom is 0.0340 e. The van der Waals surface area contributed by atoms with E-state index < -0.39 is 0 Å². The van der Waals surface area contributed by atoms with Crippen LogP contribution in [0.2, 0.25) is 0 Å². The van der Waals surface area contributed by atoms with Gasteiger partial charge in [0.05, 0.1) is 0 Å². The third kappa shape index (κ3) is 5.22. The fourth-order valence-corrected chi connectivity index (χ4v) is 2.04. The number of rotatable bonds is 8. The second kappa shape index (κ2) is 8.13. The molecular formula is C15H26N2. The van der Waals surface area contributed by atoms with Gasteiger partial charge in [-0.05, 0) is 57.1 Å². The number of nitrogens with one attached hydrogen (secondary N) is 1. The molecule has 2 heteroatoms. The Bertz CT molecular complexity index is 288. The standard InChI is InChI=1S/C15H26N2/c1-4-16-15-11-9-14(10-12-15)8-7-13-17(5-2)6-3/h9-12,16H,4-8,13H2,1-3H3. The molecule has 0 saturated heterocycles. The van der Waals surface area contributed by atoms with Crippen molar-refractivity contribution in [1.82, 2.24) is 4.90 Å². The number of anilines is 1. The Morgan fingerprint density at radius 1 is 1.00 bits per heavy atom. The zero-order valence-corrected chi connectivity index (χ0v) is 11.5. The molecule has 0 aliphatic rings. The summed E-state index contributed by atoms with van der Waals surface area (Å²) in [4.78, 5) is 2.48. The first-order valence-electron chi connectivity index (χ1n) is 6.85. The van der Waals surface area contributed by atoms with Gasteiger partial charge in [-0.1, -0.05) is 26.0 Å². The van der Waals surface area contributed by atoms with Gasteiger partial charge in [0.2, 0.25) is 0 Å². The van der Waals surface area contributed by atoms with E-state index in [0.717, 1.165) is 19.6 Å². The second-order valence-electron chi connectivity index (χ2n) is 4.36. The van der Waals surface area contributed by atoms with Crippen molar-refractivity contribution in [3.8, 4) is 0 Å². The average Bonchev–Trinajstić information content (AvgIpc) is 2.37. The molecule has 0 fully saturated rings. The first kappa shape index (κ1) is 14.0. The molecule has 0 unspecified atom stereocenters. The van der Waals surface area contributed by atoms with Crippen molar-refractivity contribution < 1.29 is 0 Å². The Hall–Kier alpha value is -1.02. The van der Waals surface area contributed by atoms with E-state index in [1.54, 1.807) is 0 Å². The van der Waals surface area contributed by atoms with E-state index >= 15 is 0 Å². The van der Waals surface area contributed by atoms with Crippen molar-refractivity contribution in [3.63, 3.8) is 0 Å². The summed E-state index contributed by atoms with van der Waals surface area (Å²) in [6.45, 7) is 11.1. The lowest BCUT2D eigenvalue weighted by atomic mass is 10.1. The van der Waals surface area contributed by atoms with Gasteiger partial charge in [0, 0.05) is 12.2 Å². The number of hydrogen-bond acceptors (Lipinski definition) is 2. The summed E-state index contributed by atoms with van der Waals surface area (Å²) in [5, 5.41) is 3.32. The fourth-order valence-electron chi connectivity index (χ4n) is 2.04. The third-order valence-corrected chi connectivity index (χ3v) is 3.17. The Morgan fingerprint density at radius 3 is 2.18 bits per heavy atom. The van der Waals surface area contributed by atoms with Gasteiger partial charge in [0.15, 0.2) is 0 Å². The van der Waals surface area contributed by atoms with Crippen LogP contribution >= 0.6 is 0 Å². The van der Waals surface area contributed by atoms with Crippen LogP contribution in [-0.2, 0) is 6.42 Å². The smallest absolute Gasteiger partial charge is 0.0340 e. The summed E-state index contributed by atoms with van der Waals surface area (Å²) < 4.78 is 0. The predicted octanol–water partition coefficient (Wildman–Crippen LogP) is 3.39. The topological polar surface area (TPSA) is 15.3 Å². The van der Waals surface area contributed by atoms with E-state index in [9.17, 15) is 0 Å². The van der Waals surface area contributed by atoms with Crippen LogP contribution in [0.5, 0.6) is 0 Å². The number of nitrogens with zero attached hydrogens (tertiary/aromatic N) is 1. The molecule has 0 bridgehead atoms. The van der Waals surface area contributed by atoms with E-state index in [1.165, 1.54) is 30.6 Å². The highest BCUT2D eigenvalue weighted by Gasteiger charge is 1.99. The predicted molar refractivity (Wildman–Crippen MR) is 76.7 cm³/mol. The van der Waals surface area contributed by atoms with Crippen molar-refractivity contribution in [3.05, 3.63) is 29.8 Å². The molecule has 0 aromatic heterocycles. The molecule has 0 aliphatic carbocycles. The molecule has 0 aliphatic heterocycles. The molecule has 1 rings (SSSR count). The van der Waals surface area contributed by atoms with Gasteiger partial charge in [-0.2, -0.15) is 0 Å². The minimum atomic E-state index is 0.987. The Balaban J connectivity index is 2.31. The number of aryl methyl sites for hydroxylation is 1. The van der Waals surface area contributed by atoms with E-state index in [1.807, 2.05) is 0 Å². The van der Waals surface area contributed by atoms with Gasteiger partial charge in [-0.3, -0.25) is 0 Å². The maximum atomic E-state index is 3.32. The van der Waals surface area contributed by atoms with Crippen LogP contribution in [0.15, 0.2) is 24.3 Å². The minimum Gasteiger partial charge on any atom is -0.385 e. The van der Waals surface area contributed by atoms with Crippen molar-refractivity contribution in [2.45, 2.75) is 33.6 Å². The molecule has 1 N–H and O–H groups in total. The summed E-state index contributed by atoms with van der Waals surface area (Å²) in [7, 11) is 0. The summed E-state index contributed by atoms with van der Waals surface area (Å²) in [5.41, 5.74) is 2.67. The van der Waals surface area contributed by atoms with Crippen LogP contribution in [0.3, 0.4) is 0 Å². The van der Waals surface area contributed by atoms with Crippen LogP contribution in [0.25, 0.3) is 0 Å². The third-order valence-electron chi connectivity index (χ3n) is 3.17. The van der Waals surface area contributed by atoms with Crippen LogP contribution in [0.4, 0.5) is 5.69 Å². The van der Waals surface area contributed by atoms with Gasteiger partial charge in [0.25, 0.3) is 0 Å². The van der Waals surface area contributed by atoms with Crippen molar-refractivity contribution in [1.29, 1.82) is 0 Å². The van der Waals surface area contributed by atoms with E-state index in [2.05, 4.69) is 55.3 Å². The largest absolute Gasteiger partial charge is 0.385 e. The van der Waals surface area contributed by atoms with Gasteiger partial charge < -0.3 is 10.2 Å². The highest BCUT2D eigenvalue weighted by atomic mass is 15.1. The van der Waals surface area contributed by atoms with Crippen LogP contribution < -0.4 is 5.32 Å². The summed E-state index contributed by atoms with van der Waals surface area (Å²) in [6, 6.07) is 8.83. The molecule has 0 amide bonds. The highest BCUT2D eigenvalue weighted by Crippen LogP contribution is 2.11. The molecule has 0 heterocycles. The normalized spacial score (nSPS) is 10.8. The van der Waals surface area contributed by atoms with Crippen LogP contribution in [0.1, 0.15) is 32.8 Å². The fraction of sp³-hybridized carbons (Fsp3) is 0.600. The molecule has 0 radical (unpaired) electrons. The minimum absolute atomic E-state index is 0.987. The van der Waals surface area contributed by atoms with Crippen molar-refractivity contribution in [2.24, 2.45) is 0 Å². The van der Waals surface area contributed by atoms with Crippen molar-refractivity contribution in [2.75, 3.05) is 31.5 Å². The summed E-state index contributed by atoms with van der Waals surface area (Å²) >= 11 is 0. The molecule has 96 valence electrons. The van der Waals surface area contributed by atoms with Gasteiger partial charge in [0.1, 0.15) is 0 Å². The Morgan fingerprint density at radius 2 is 1.65 bits per heavy atom. The first-order valence-corrected chi connectivity index (χ1v) is 6.85. The van der Waals surface area contributed by atoms with Gasteiger partial charge >= 0.3 is 0 Å². The van der Waals surface area contributed by atoms with E-state index in [4.69, 9.17) is 0 Å². The molecule has 17 heavy (non-hydrogen) atoms. The zero-order valence-electron chi connectivity index (χ0n) is 11.5. The second-order valence-corrected chi connectivity index (χ2v) is 4.36. The maximum absolute atomic E-state index is 3.32. The molecule has 0 atom stereocenters. The lowest BCUT2D eigenvalue weighted by molar-refractivity contribution is 0.300. The molecule has 0 saturated carbocycles. The molecule has 2 nitrogen and oxygen atoms in total. The Kier molecular flexibility index (Phi) is 6.71. The lowest BCUT2D eigenvalue weighted by Gasteiger charge is -2.17. The lowest BCUT2D eigenvalue weighted by Crippen LogP contribution is -2.24. The van der Waals surface area contributed by atoms with Gasteiger partial charge in [-0.15, -0.1) is 0 Å². The van der Waals surface area contributed by atoms with E-state index in [0.29, 0.717) is 0 Å². The molecular weight excluding hydrogens is 208 g/mol. The quantitative estimate of drug-likeness (QED) is 0.741. The first-order chi connectivity index (χ1) is 8.30. The Labute approximate surface area is 106 Å². The highest BCUT2D eigenvalue weighted by molar-refractivity contribution is 5.44. The zero-order chi connectivity index (χ0) is 12.5. The van der Waals surface area contributed by atoms with E-state index in [-0.39, 0.29) is 0 Å². The summed E-state index contributed by atoms with van der Waals surface area (Å²) in [6.07, 6.45) is 2.44. The monoisotopic (exact) mass is 234 g/mol.